The first-order valence-electron chi connectivity index (χ1n) is 5.42. The highest BCUT2D eigenvalue weighted by molar-refractivity contribution is 4.86. The highest BCUT2D eigenvalue weighted by Crippen LogP contribution is 2.27. The van der Waals surface area contributed by atoms with Crippen LogP contribution in [0.4, 0.5) is 0 Å². The van der Waals surface area contributed by atoms with Crippen molar-refractivity contribution in [1.29, 1.82) is 0 Å². The van der Waals surface area contributed by atoms with E-state index in [4.69, 9.17) is 9.47 Å². The summed E-state index contributed by atoms with van der Waals surface area (Å²) in [6, 6.07) is 0. The summed E-state index contributed by atoms with van der Waals surface area (Å²) in [7, 11) is 0. The number of rotatable bonds is 7. The van der Waals surface area contributed by atoms with Crippen molar-refractivity contribution in [2.45, 2.75) is 44.1 Å². The van der Waals surface area contributed by atoms with Gasteiger partial charge >= 0.3 is 0 Å². The van der Waals surface area contributed by atoms with E-state index in [2.05, 4.69) is 5.32 Å². The number of hydrogen-bond donors (Lipinski definition) is 2. The van der Waals surface area contributed by atoms with Crippen LogP contribution in [0.2, 0.25) is 0 Å². The molecular formula is C10H19NO3. The van der Waals surface area contributed by atoms with E-state index in [1.807, 2.05) is 6.92 Å². The van der Waals surface area contributed by atoms with Crippen molar-refractivity contribution in [3.63, 3.8) is 0 Å². The second kappa shape index (κ2) is 4.14. The normalized spacial score (nSPS) is 33.9. The Bertz CT molecular complexity index is 192. The zero-order chi connectivity index (χ0) is 10.0. The van der Waals surface area contributed by atoms with Crippen LogP contribution in [0.25, 0.3) is 0 Å². The molecule has 82 valence electrons. The quantitative estimate of drug-likeness (QED) is 0.458. The molecule has 4 nitrogen and oxygen atoms in total. The van der Waals surface area contributed by atoms with Crippen molar-refractivity contribution < 1.29 is 14.6 Å². The third-order valence-corrected chi connectivity index (χ3v) is 2.76. The first kappa shape index (κ1) is 10.4. The summed E-state index contributed by atoms with van der Waals surface area (Å²) >= 11 is 0. The fraction of sp³-hybridized carbons (Fsp3) is 1.00. The smallest absolute Gasteiger partial charge is 0.118 e. The summed E-state index contributed by atoms with van der Waals surface area (Å²) < 4.78 is 10.3. The van der Waals surface area contributed by atoms with Gasteiger partial charge in [-0.15, -0.1) is 0 Å². The maximum Gasteiger partial charge on any atom is 0.118 e. The summed E-state index contributed by atoms with van der Waals surface area (Å²) in [5, 5.41) is 13.4. The number of aliphatic hydroxyl groups is 1. The van der Waals surface area contributed by atoms with Crippen LogP contribution in [0.5, 0.6) is 0 Å². The van der Waals surface area contributed by atoms with Gasteiger partial charge in [0.25, 0.3) is 0 Å². The lowest BCUT2D eigenvalue weighted by atomic mass is 10.0. The van der Waals surface area contributed by atoms with Crippen LogP contribution < -0.4 is 5.32 Å². The monoisotopic (exact) mass is 201 g/mol. The third kappa shape index (κ3) is 3.20. The van der Waals surface area contributed by atoms with Crippen molar-refractivity contribution in [1.82, 2.24) is 5.32 Å². The summed E-state index contributed by atoms with van der Waals surface area (Å²) in [4.78, 5) is 0. The van der Waals surface area contributed by atoms with Gasteiger partial charge in [-0.25, -0.2) is 0 Å². The lowest BCUT2D eigenvalue weighted by Gasteiger charge is -2.28. The first-order valence-corrected chi connectivity index (χ1v) is 5.42. The lowest BCUT2D eigenvalue weighted by molar-refractivity contribution is -0.0183. The van der Waals surface area contributed by atoms with Gasteiger partial charge < -0.3 is 14.6 Å². The van der Waals surface area contributed by atoms with E-state index in [-0.39, 0.29) is 6.10 Å². The van der Waals surface area contributed by atoms with Crippen LogP contribution in [0.15, 0.2) is 0 Å². The Hall–Kier alpha value is -0.160. The summed E-state index contributed by atoms with van der Waals surface area (Å²) in [5.74, 6) is 0. The van der Waals surface area contributed by atoms with Gasteiger partial charge in [-0.2, -0.15) is 0 Å². The zero-order valence-electron chi connectivity index (χ0n) is 8.66. The van der Waals surface area contributed by atoms with Crippen LogP contribution in [0.3, 0.4) is 0 Å². The summed E-state index contributed by atoms with van der Waals surface area (Å²) in [6.45, 7) is 4.46. The molecule has 0 bridgehead atoms. The molecule has 2 heterocycles. The predicted octanol–water partition coefficient (Wildman–Crippen LogP) is 0.252. The maximum atomic E-state index is 10.3. The molecule has 2 rings (SSSR count). The molecule has 0 amide bonds. The molecule has 4 heteroatoms. The molecule has 0 aromatic heterocycles. The molecule has 2 aliphatic rings. The highest BCUT2D eigenvalue weighted by Gasteiger charge is 2.37. The van der Waals surface area contributed by atoms with E-state index >= 15 is 0 Å². The van der Waals surface area contributed by atoms with Crippen LogP contribution in [-0.4, -0.2) is 42.8 Å². The molecule has 0 saturated carbocycles. The van der Waals surface area contributed by atoms with E-state index in [9.17, 15) is 5.11 Å². The average molecular weight is 201 g/mol. The third-order valence-electron chi connectivity index (χ3n) is 2.76. The maximum absolute atomic E-state index is 10.3. The summed E-state index contributed by atoms with van der Waals surface area (Å²) in [5.41, 5.74) is -0.748. The fourth-order valence-electron chi connectivity index (χ4n) is 1.79. The average Bonchev–Trinajstić information content (AvgIpc) is 2.97. The largest absolute Gasteiger partial charge is 0.376 e. The molecular weight excluding hydrogens is 182 g/mol. The molecule has 0 aliphatic carbocycles. The SMILES string of the molecule is CCNC(O)(CCC1CO1)CC1CO1. The number of epoxide rings is 2. The van der Waals surface area contributed by atoms with E-state index in [0.717, 1.165) is 32.6 Å². The van der Waals surface area contributed by atoms with Gasteiger partial charge in [-0.05, 0) is 19.4 Å². The van der Waals surface area contributed by atoms with Crippen LogP contribution in [-0.2, 0) is 9.47 Å². The number of ether oxygens (including phenoxy) is 2. The Balaban J connectivity index is 1.75. The molecule has 0 aromatic rings. The Morgan fingerprint density at radius 1 is 1.36 bits per heavy atom. The zero-order valence-corrected chi connectivity index (χ0v) is 8.66. The van der Waals surface area contributed by atoms with Gasteiger partial charge in [-0.1, -0.05) is 6.92 Å². The standard InChI is InChI=1S/C10H19NO3/c1-2-11-10(12,5-9-7-14-9)4-3-8-6-13-8/h8-9,11-12H,2-7H2,1H3. The van der Waals surface area contributed by atoms with Crippen molar-refractivity contribution >= 4 is 0 Å². The van der Waals surface area contributed by atoms with Crippen LogP contribution >= 0.6 is 0 Å². The first-order chi connectivity index (χ1) is 6.72. The van der Waals surface area contributed by atoms with Gasteiger partial charge in [-0.3, -0.25) is 5.32 Å². The molecule has 3 unspecified atom stereocenters. The topological polar surface area (TPSA) is 57.3 Å². The van der Waals surface area contributed by atoms with Crippen LogP contribution in [0.1, 0.15) is 26.2 Å². The van der Waals surface area contributed by atoms with Crippen molar-refractivity contribution in [2.75, 3.05) is 19.8 Å². The van der Waals surface area contributed by atoms with E-state index in [0.29, 0.717) is 12.5 Å². The van der Waals surface area contributed by atoms with Gasteiger partial charge in [0.15, 0.2) is 0 Å². The van der Waals surface area contributed by atoms with Gasteiger partial charge in [0.2, 0.25) is 0 Å². The highest BCUT2D eigenvalue weighted by atomic mass is 16.6. The number of hydrogen-bond acceptors (Lipinski definition) is 4. The Kier molecular flexibility index (Phi) is 3.07. The Morgan fingerprint density at radius 2 is 2.00 bits per heavy atom. The molecule has 0 aromatic carbocycles. The molecule has 14 heavy (non-hydrogen) atoms. The minimum Gasteiger partial charge on any atom is -0.376 e. The number of nitrogens with one attached hydrogen (secondary N) is 1. The van der Waals surface area contributed by atoms with E-state index < -0.39 is 5.72 Å². The van der Waals surface area contributed by atoms with E-state index in [1.54, 1.807) is 0 Å². The fourth-order valence-corrected chi connectivity index (χ4v) is 1.79. The molecule has 0 spiro atoms. The van der Waals surface area contributed by atoms with Crippen molar-refractivity contribution in [2.24, 2.45) is 0 Å². The summed E-state index contributed by atoms with van der Waals surface area (Å²) in [6.07, 6.45) is 3.05. The second-order valence-electron chi connectivity index (χ2n) is 4.22. The molecule has 0 radical (unpaired) electrons. The minimum atomic E-state index is -0.748. The van der Waals surface area contributed by atoms with Crippen molar-refractivity contribution in [3.05, 3.63) is 0 Å². The molecule has 2 aliphatic heterocycles. The van der Waals surface area contributed by atoms with Crippen molar-refractivity contribution in [3.8, 4) is 0 Å². The molecule has 2 fully saturated rings. The van der Waals surface area contributed by atoms with Gasteiger partial charge in [0.1, 0.15) is 5.72 Å². The molecule has 3 atom stereocenters. The van der Waals surface area contributed by atoms with Crippen LogP contribution in [0, 0.1) is 0 Å². The Morgan fingerprint density at radius 3 is 2.50 bits per heavy atom. The van der Waals surface area contributed by atoms with Gasteiger partial charge in [0, 0.05) is 6.42 Å². The van der Waals surface area contributed by atoms with E-state index in [1.165, 1.54) is 0 Å². The predicted molar refractivity (Wildman–Crippen MR) is 52.0 cm³/mol. The lowest BCUT2D eigenvalue weighted by Crippen LogP contribution is -2.46. The second-order valence-corrected chi connectivity index (χ2v) is 4.22. The van der Waals surface area contributed by atoms with Gasteiger partial charge in [0.05, 0.1) is 25.4 Å². The molecule has 2 saturated heterocycles. The Labute approximate surface area is 84.6 Å². The minimum absolute atomic E-state index is 0.263. The molecule has 2 N–H and O–H groups in total.